The van der Waals surface area contributed by atoms with Crippen LogP contribution < -0.4 is 10.5 Å². The monoisotopic (exact) mass is 220 g/mol. The van der Waals surface area contributed by atoms with E-state index in [4.69, 9.17) is 10.5 Å². The van der Waals surface area contributed by atoms with Crippen molar-refractivity contribution in [3.05, 3.63) is 18.0 Å². The SMILES string of the molecule is CCC(N)Cc1nc2nc(OC)ccc2[nH]1. The molecular formula is C11H16N4O. The molecule has 1 unspecified atom stereocenters. The Morgan fingerprint density at radius 2 is 2.25 bits per heavy atom. The average molecular weight is 220 g/mol. The van der Waals surface area contributed by atoms with Crippen molar-refractivity contribution in [3.8, 4) is 5.88 Å². The maximum atomic E-state index is 5.88. The van der Waals surface area contributed by atoms with E-state index in [0.29, 0.717) is 11.5 Å². The summed E-state index contributed by atoms with van der Waals surface area (Å²) < 4.78 is 5.04. The molecule has 0 spiro atoms. The van der Waals surface area contributed by atoms with Crippen molar-refractivity contribution in [2.24, 2.45) is 5.73 Å². The predicted octanol–water partition coefficient (Wildman–Crippen LogP) is 1.25. The molecule has 86 valence electrons. The Balaban J connectivity index is 2.29. The third-order valence-corrected chi connectivity index (χ3v) is 2.56. The number of rotatable bonds is 4. The van der Waals surface area contributed by atoms with Crippen LogP contribution in [0.15, 0.2) is 12.1 Å². The summed E-state index contributed by atoms with van der Waals surface area (Å²) in [6.45, 7) is 2.06. The van der Waals surface area contributed by atoms with Crippen LogP contribution in [0.1, 0.15) is 19.2 Å². The first-order valence-electron chi connectivity index (χ1n) is 5.38. The lowest BCUT2D eigenvalue weighted by molar-refractivity contribution is 0.399. The van der Waals surface area contributed by atoms with Crippen LogP contribution in [-0.4, -0.2) is 28.1 Å². The third-order valence-electron chi connectivity index (χ3n) is 2.56. The van der Waals surface area contributed by atoms with E-state index in [-0.39, 0.29) is 6.04 Å². The van der Waals surface area contributed by atoms with E-state index in [1.165, 1.54) is 0 Å². The van der Waals surface area contributed by atoms with Gasteiger partial charge in [0.1, 0.15) is 5.82 Å². The maximum Gasteiger partial charge on any atom is 0.215 e. The highest BCUT2D eigenvalue weighted by molar-refractivity contribution is 5.71. The summed E-state index contributed by atoms with van der Waals surface area (Å²) in [5.74, 6) is 1.45. The summed E-state index contributed by atoms with van der Waals surface area (Å²) in [6.07, 6.45) is 1.68. The fourth-order valence-corrected chi connectivity index (χ4v) is 1.53. The van der Waals surface area contributed by atoms with Gasteiger partial charge in [-0.1, -0.05) is 6.92 Å². The van der Waals surface area contributed by atoms with Crippen LogP contribution in [0.3, 0.4) is 0 Å². The molecule has 0 bridgehead atoms. The number of pyridine rings is 1. The minimum Gasteiger partial charge on any atom is -0.481 e. The van der Waals surface area contributed by atoms with Gasteiger partial charge in [-0.3, -0.25) is 0 Å². The molecule has 0 aliphatic heterocycles. The standard InChI is InChI=1S/C11H16N4O/c1-3-7(12)6-9-13-8-4-5-10(16-2)15-11(8)14-9/h4-5,7H,3,6,12H2,1-2H3,(H,13,14,15). The van der Waals surface area contributed by atoms with Crippen LogP contribution >= 0.6 is 0 Å². The van der Waals surface area contributed by atoms with Crippen LogP contribution in [0, 0.1) is 0 Å². The van der Waals surface area contributed by atoms with Gasteiger partial charge in [-0.25, -0.2) is 4.98 Å². The number of hydrogen-bond acceptors (Lipinski definition) is 4. The number of methoxy groups -OCH3 is 1. The first-order valence-corrected chi connectivity index (χ1v) is 5.38. The van der Waals surface area contributed by atoms with E-state index in [9.17, 15) is 0 Å². The minimum atomic E-state index is 0.141. The summed E-state index contributed by atoms with van der Waals surface area (Å²) in [7, 11) is 1.59. The number of fused-ring (bicyclic) bond motifs is 1. The van der Waals surface area contributed by atoms with Gasteiger partial charge in [-0.15, -0.1) is 0 Å². The minimum absolute atomic E-state index is 0.141. The molecule has 0 amide bonds. The highest BCUT2D eigenvalue weighted by Gasteiger charge is 2.08. The average Bonchev–Trinajstić information content (AvgIpc) is 2.69. The molecule has 0 fully saturated rings. The second-order valence-electron chi connectivity index (χ2n) is 3.78. The summed E-state index contributed by atoms with van der Waals surface area (Å²) >= 11 is 0. The normalized spacial score (nSPS) is 12.9. The molecule has 2 aromatic rings. The van der Waals surface area contributed by atoms with E-state index >= 15 is 0 Å². The predicted molar refractivity (Wildman–Crippen MR) is 62.4 cm³/mol. The highest BCUT2D eigenvalue weighted by atomic mass is 16.5. The Morgan fingerprint density at radius 3 is 2.94 bits per heavy atom. The van der Waals surface area contributed by atoms with Gasteiger partial charge in [-0.2, -0.15) is 4.98 Å². The molecular weight excluding hydrogens is 204 g/mol. The van der Waals surface area contributed by atoms with Crippen LogP contribution in [0.2, 0.25) is 0 Å². The van der Waals surface area contributed by atoms with E-state index in [2.05, 4.69) is 21.9 Å². The maximum absolute atomic E-state index is 5.88. The number of imidazole rings is 1. The molecule has 16 heavy (non-hydrogen) atoms. The second kappa shape index (κ2) is 4.49. The highest BCUT2D eigenvalue weighted by Crippen LogP contribution is 2.14. The van der Waals surface area contributed by atoms with Gasteiger partial charge in [0.25, 0.3) is 0 Å². The van der Waals surface area contributed by atoms with Crippen molar-refractivity contribution in [2.45, 2.75) is 25.8 Å². The molecule has 0 aromatic carbocycles. The van der Waals surface area contributed by atoms with Gasteiger partial charge < -0.3 is 15.5 Å². The number of aromatic nitrogens is 3. The molecule has 2 heterocycles. The smallest absolute Gasteiger partial charge is 0.215 e. The number of nitrogens with two attached hydrogens (primary N) is 1. The fourth-order valence-electron chi connectivity index (χ4n) is 1.53. The van der Waals surface area contributed by atoms with Crippen molar-refractivity contribution < 1.29 is 4.74 Å². The molecule has 0 saturated carbocycles. The largest absolute Gasteiger partial charge is 0.481 e. The van der Waals surface area contributed by atoms with E-state index < -0.39 is 0 Å². The summed E-state index contributed by atoms with van der Waals surface area (Å²) in [6, 6.07) is 3.86. The molecule has 0 saturated heterocycles. The molecule has 2 aromatic heterocycles. The van der Waals surface area contributed by atoms with Crippen molar-refractivity contribution in [1.82, 2.24) is 15.0 Å². The molecule has 5 nitrogen and oxygen atoms in total. The zero-order chi connectivity index (χ0) is 11.5. The molecule has 0 aliphatic carbocycles. The van der Waals surface area contributed by atoms with Crippen molar-refractivity contribution in [3.63, 3.8) is 0 Å². The summed E-state index contributed by atoms with van der Waals surface area (Å²) in [5, 5.41) is 0. The number of hydrogen-bond donors (Lipinski definition) is 2. The molecule has 1 atom stereocenters. The Kier molecular flexibility index (Phi) is 3.05. The molecule has 5 heteroatoms. The molecule has 0 aliphatic rings. The number of nitrogens with zero attached hydrogens (tertiary/aromatic N) is 2. The number of ether oxygens (including phenoxy) is 1. The quantitative estimate of drug-likeness (QED) is 0.812. The topological polar surface area (TPSA) is 76.8 Å². The van der Waals surface area contributed by atoms with Crippen molar-refractivity contribution in [2.75, 3.05) is 7.11 Å². The third kappa shape index (κ3) is 2.14. The fraction of sp³-hybridized carbons (Fsp3) is 0.455. The molecule has 2 rings (SSSR count). The molecule has 0 radical (unpaired) electrons. The van der Waals surface area contributed by atoms with Gasteiger partial charge in [0.2, 0.25) is 5.88 Å². The second-order valence-corrected chi connectivity index (χ2v) is 3.78. The summed E-state index contributed by atoms with van der Waals surface area (Å²) in [4.78, 5) is 11.8. The Morgan fingerprint density at radius 1 is 1.44 bits per heavy atom. The van der Waals surface area contributed by atoms with Gasteiger partial charge in [-0.05, 0) is 12.5 Å². The van der Waals surface area contributed by atoms with E-state index in [1.54, 1.807) is 7.11 Å². The van der Waals surface area contributed by atoms with E-state index in [1.807, 2.05) is 12.1 Å². The summed E-state index contributed by atoms with van der Waals surface area (Å²) in [5.41, 5.74) is 7.47. The van der Waals surface area contributed by atoms with Crippen LogP contribution in [0.5, 0.6) is 5.88 Å². The van der Waals surface area contributed by atoms with Gasteiger partial charge in [0, 0.05) is 18.5 Å². The lowest BCUT2D eigenvalue weighted by Crippen LogP contribution is -2.21. The van der Waals surface area contributed by atoms with Crippen LogP contribution in [0.4, 0.5) is 0 Å². The van der Waals surface area contributed by atoms with E-state index in [0.717, 1.165) is 24.2 Å². The first kappa shape index (κ1) is 10.9. The molecule has 3 N–H and O–H groups in total. The van der Waals surface area contributed by atoms with Crippen LogP contribution in [-0.2, 0) is 6.42 Å². The lowest BCUT2D eigenvalue weighted by Gasteiger charge is -2.04. The lowest BCUT2D eigenvalue weighted by atomic mass is 10.2. The Bertz CT molecular complexity index is 480. The number of aromatic amines is 1. The number of H-pyrrole nitrogens is 1. The van der Waals surface area contributed by atoms with Gasteiger partial charge in [0.15, 0.2) is 5.65 Å². The zero-order valence-corrected chi connectivity index (χ0v) is 9.53. The van der Waals surface area contributed by atoms with Crippen molar-refractivity contribution >= 4 is 11.2 Å². The zero-order valence-electron chi connectivity index (χ0n) is 9.53. The first-order chi connectivity index (χ1) is 7.72. The number of nitrogens with one attached hydrogen (secondary N) is 1. The Labute approximate surface area is 94.0 Å². The Hall–Kier alpha value is -1.62. The van der Waals surface area contributed by atoms with Crippen LogP contribution in [0.25, 0.3) is 11.2 Å². The van der Waals surface area contributed by atoms with Gasteiger partial charge >= 0.3 is 0 Å². The van der Waals surface area contributed by atoms with Crippen molar-refractivity contribution in [1.29, 1.82) is 0 Å². The van der Waals surface area contributed by atoms with Gasteiger partial charge in [0.05, 0.1) is 12.6 Å².